The van der Waals surface area contributed by atoms with Gasteiger partial charge in [-0.2, -0.15) is 0 Å². The van der Waals surface area contributed by atoms with Gasteiger partial charge in [0, 0.05) is 12.2 Å². The summed E-state index contributed by atoms with van der Waals surface area (Å²) in [4.78, 5) is 4.35. The molecule has 1 aromatic rings. The monoisotopic (exact) mass is 205 g/mol. The Bertz CT molecular complexity index is 280. The molecular formula is C12H19N3. The summed E-state index contributed by atoms with van der Waals surface area (Å²) in [5, 5.41) is 6.92. The van der Waals surface area contributed by atoms with E-state index < -0.39 is 0 Å². The molecule has 0 spiro atoms. The Morgan fingerprint density at radius 1 is 1.60 bits per heavy atom. The molecule has 0 unspecified atom stereocenters. The summed E-state index contributed by atoms with van der Waals surface area (Å²) in [5.74, 6) is 0.788. The van der Waals surface area contributed by atoms with E-state index in [1.54, 1.807) is 0 Å². The van der Waals surface area contributed by atoms with Crippen LogP contribution in [0.1, 0.15) is 25.1 Å². The minimum atomic E-state index is 0.354. The molecule has 3 heteroatoms. The molecule has 82 valence electrons. The second-order valence-electron chi connectivity index (χ2n) is 4.24. The zero-order valence-corrected chi connectivity index (χ0v) is 9.24. The highest BCUT2D eigenvalue weighted by molar-refractivity contribution is 5.07. The van der Waals surface area contributed by atoms with Crippen LogP contribution in [-0.4, -0.2) is 24.6 Å². The normalized spacial score (nSPS) is 22.9. The fraction of sp³-hybridized carbons (Fsp3) is 0.583. The fourth-order valence-corrected chi connectivity index (χ4v) is 1.97. The summed E-state index contributed by atoms with van der Waals surface area (Å²) < 4.78 is 0. The lowest BCUT2D eigenvalue weighted by atomic mass is 10.1. The molecular weight excluding hydrogens is 186 g/mol. The summed E-state index contributed by atoms with van der Waals surface area (Å²) in [6.07, 6.45) is 3.15. The van der Waals surface area contributed by atoms with E-state index in [0.29, 0.717) is 6.04 Å². The van der Waals surface area contributed by atoms with Crippen LogP contribution in [0.3, 0.4) is 0 Å². The SMILES string of the molecule is C[C@H](NC[C@@H]1CCNC1)c1ccccn1. The van der Waals surface area contributed by atoms with Crippen LogP contribution in [0.15, 0.2) is 24.4 Å². The number of nitrogens with zero attached hydrogens (tertiary/aromatic N) is 1. The first-order valence-electron chi connectivity index (χ1n) is 5.71. The standard InChI is InChI=1S/C12H19N3/c1-10(12-4-2-3-6-14-12)15-9-11-5-7-13-8-11/h2-4,6,10-11,13,15H,5,7-9H2,1H3/t10-,11+/m0/s1. The van der Waals surface area contributed by atoms with Crippen molar-refractivity contribution < 1.29 is 0 Å². The minimum absolute atomic E-state index is 0.354. The number of aromatic nitrogens is 1. The van der Waals surface area contributed by atoms with Crippen LogP contribution in [0, 0.1) is 5.92 Å². The third-order valence-corrected chi connectivity index (χ3v) is 3.01. The Kier molecular flexibility index (Phi) is 3.69. The quantitative estimate of drug-likeness (QED) is 0.779. The van der Waals surface area contributed by atoms with Gasteiger partial charge in [-0.05, 0) is 51.0 Å². The summed E-state index contributed by atoms with van der Waals surface area (Å²) in [7, 11) is 0. The van der Waals surface area contributed by atoms with Crippen molar-refractivity contribution >= 4 is 0 Å². The Balaban J connectivity index is 1.79. The number of rotatable bonds is 4. The van der Waals surface area contributed by atoms with Crippen LogP contribution < -0.4 is 10.6 Å². The summed E-state index contributed by atoms with van der Waals surface area (Å²) >= 11 is 0. The van der Waals surface area contributed by atoms with Crippen molar-refractivity contribution in [3.05, 3.63) is 30.1 Å². The molecule has 2 N–H and O–H groups in total. The largest absolute Gasteiger partial charge is 0.316 e. The van der Waals surface area contributed by atoms with E-state index in [-0.39, 0.29) is 0 Å². The zero-order valence-electron chi connectivity index (χ0n) is 9.24. The molecule has 0 saturated carbocycles. The van der Waals surface area contributed by atoms with Crippen molar-refractivity contribution in [3.63, 3.8) is 0 Å². The topological polar surface area (TPSA) is 37.0 Å². The van der Waals surface area contributed by atoms with E-state index >= 15 is 0 Å². The lowest BCUT2D eigenvalue weighted by Crippen LogP contribution is -2.27. The van der Waals surface area contributed by atoms with Gasteiger partial charge in [0.05, 0.1) is 5.69 Å². The first-order chi connectivity index (χ1) is 7.36. The predicted molar refractivity (Wildman–Crippen MR) is 61.6 cm³/mol. The number of hydrogen-bond acceptors (Lipinski definition) is 3. The van der Waals surface area contributed by atoms with Crippen molar-refractivity contribution in [3.8, 4) is 0 Å². The molecule has 0 bridgehead atoms. The fourth-order valence-electron chi connectivity index (χ4n) is 1.97. The van der Waals surface area contributed by atoms with Crippen LogP contribution in [0.2, 0.25) is 0 Å². The van der Waals surface area contributed by atoms with Crippen LogP contribution in [0.5, 0.6) is 0 Å². The first kappa shape index (κ1) is 10.6. The van der Waals surface area contributed by atoms with Crippen LogP contribution in [0.25, 0.3) is 0 Å². The third-order valence-electron chi connectivity index (χ3n) is 3.01. The van der Waals surface area contributed by atoms with Crippen LogP contribution in [0.4, 0.5) is 0 Å². The smallest absolute Gasteiger partial charge is 0.0570 e. The van der Waals surface area contributed by atoms with Gasteiger partial charge in [-0.15, -0.1) is 0 Å². The molecule has 1 saturated heterocycles. The summed E-state index contributed by atoms with van der Waals surface area (Å²) in [6, 6.07) is 6.42. The van der Waals surface area contributed by atoms with E-state index in [2.05, 4.69) is 28.6 Å². The lowest BCUT2D eigenvalue weighted by molar-refractivity contribution is 0.465. The van der Waals surface area contributed by atoms with Gasteiger partial charge in [-0.3, -0.25) is 4.98 Å². The van der Waals surface area contributed by atoms with Gasteiger partial charge >= 0.3 is 0 Å². The molecule has 2 rings (SSSR count). The average molecular weight is 205 g/mol. The van der Waals surface area contributed by atoms with Gasteiger partial charge in [0.1, 0.15) is 0 Å². The molecule has 0 radical (unpaired) electrons. The zero-order chi connectivity index (χ0) is 10.5. The van der Waals surface area contributed by atoms with Crippen molar-refractivity contribution in [1.82, 2.24) is 15.6 Å². The second kappa shape index (κ2) is 5.24. The number of pyridine rings is 1. The molecule has 1 aliphatic rings. The summed E-state index contributed by atoms with van der Waals surface area (Å²) in [6.45, 7) is 5.59. The Hall–Kier alpha value is -0.930. The highest BCUT2D eigenvalue weighted by atomic mass is 15.0. The van der Waals surface area contributed by atoms with Gasteiger partial charge in [0.15, 0.2) is 0 Å². The third kappa shape index (κ3) is 3.01. The second-order valence-corrected chi connectivity index (χ2v) is 4.24. The molecule has 0 amide bonds. The molecule has 0 aromatic carbocycles. The Morgan fingerprint density at radius 3 is 3.20 bits per heavy atom. The van der Waals surface area contributed by atoms with Gasteiger partial charge in [0.2, 0.25) is 0 Å². The van der Waals surface area contributed by atoms with Gasteiger partial charge in [-0.1, -0.05) is 6.07 Å². The van der Waals surface area contributed by atoms with Crippen molar-refractivity contribution in [2.45, 2.75) is 19.4 Å². The molecule has 15 heavy (non-hydrogen) atoms. The van der Waals surface area contributed by atoms with Crippen molar-refractivity contribution in [1.29, 1.82) is 0 Å². The average Bonchev–Trinajstić information content (AvgIpc) is 2.80. The molecule has 1 fully saturated rings. The Labute approximate surface area is 91.3 Å². The molecule has 2 atom stereocenters. The molecule has 3 nitrogen and oxygen atoms in total. The van der Waals surface area contributed by atoms with E-state index in [9.17, 15) is 0 Å². The molecule has 2 heterocycles. The van der Waals surface area contributed by atoms with Crippen LogP contribution >= 0.6 is 0 Å². The van der Waals surface area contributed by atoms with Gasteiger partial charge in [0.25, 0.3) is 0 Å². The van der Waals surface area contributed by atoms with E-state index in [1.165, 1.54) is 13.0 Å². The minimum Gasteiger partial charge on any atom is -0.316 e. The molecule has 1 aromatic heterocycles. The number of hydrogen-bond donors (Lipinski definition) is 2. The molecule has 1 aliphatic heterocycles. The van der Waals surface area contributed by atoms with Gasteiger partial charge < -0.3 is 10.6 Å². The van der Waals surface area contributed by atoms with Gasteiger partial charge in [-0.25, -0.2) is 0 Å². The predicted octanol–water partition coefficient (Wildman–Crippen LogP) is 1.34. The van der Waals surface area contributed by atoms with E-state index in [0.717, 1.165) is 24.7 Å². The number of nitrogens with one attached hydrogen (secondary N) is 2. The Morgan fingerprint density at radius 2 is 2.53 bits per heavy atom. The highest BCUT2D eigenvalue weighted by Gasteiger charge is 2.15. The maximum Gasteiger partial charge on any atom is 0.0570 e. The van der Waals surface area contributed by atoms with Crippen molar-refractivity contribution in [2.75, 3.05) is 19.6 Å². The van der Waals surface area contributed by atoms with Crippen LogP contribution in [-0.2, 0) is 0 Å². The maximum absolute atomic E-state index is 4.35. The maximum atomic E-state index is 4.35. The first-order valence-corrected chi connectivity index (χ1v) is 5.71. The van der Waals surface area contributed by atoms with E-state index in [4.69, 9.17) is 0 Å². The molecule has 0 aliphatic carbocycles. The lowest BCUT2D eigenvalue weighted by Gasteiger charge is -2.16. The summed E-state index contributed by atoms with van der Waals surface area (Å²) in [5.41, 5.74) is 1.13. The highest BCUT2D eigenvalue weighted by Crippen LogP contribution is 2.11. The van der Waals surface area contributed by atoms with Crippen molar-refractivity contribution in [2.24, 2.45) is 5.92 Å². The van der Waals surface area contributed by atoms with E-state index in [1.807, 2.05) is 18.3 Å².